The van der Waals surface area contributed by atoms with Crippen LogP contribution in [0.3, 0.4) is 0 Å². The molecule has 1 aromatic rings. The number of hydrogen-bond donors (Lipinski definition) is 3. The lowest BCUT2D eigenvalue weighted by Gasteiger charge is -2.39. The topological polar surface area (TPSA) is 98.7 Å². The van der Waals surface area contributed by atoms with Crippen molar-refractivity contribution in [2.75, 3.05) is 14.1 Å². The number of aliphatic carboxylic acids is 1. The number of carboxylic acids is 1. The number of carbonyl (C=O) groups excluding carboxylic acids is 2. The van der Waals surface area contributed by atoms with Crippen LogP contribution in [0.5, 0.6) is 0 Å². The van der Waals surface area contributed by atoms with Crippen LogP contribution in [-0.4, -0.2) is 60.0 Å². The molecule has 1 rings (SSSR count). The van der Waals surface area contributed by atoms with E-state index in [1.165, 1.54) is 6.92 Å². The van der Waals surface area contributed by atoms with Crippen LogP contribution in [0.4, 0.5) is 0 Å². The minimum absolute atomic E-state index is 0.00978. The van der Waals surface area contributed by atoms with E-state index in [-0.39, 0.29) is 23.3 Å². The lowest BCUT2D eigenvalue weighted by Crippen LogP contribution is -2.61. The van der Waals surface area contributed by atoms with Crippen molar-refractivity contribution in [2.24, 2.45) is 16.7 Å². The Morgan fingerprint density at radius 1 is 1.03 bits per heavy atom. The zero-order chi connectivity index (χ0) is 27.1. The Labute approximate surface area is 211 Å². The Bertz CT molecular complexity index is 901. The fourth-order valence-corrected chi connectivity index (χ4v) is 4.40. The molecule has 7 heteroatoms. The third-order valence-electron chi connectivity index (χ3n) is 6.47. The second-order valence-corrected chi connectivity index (χ2v) is 11.5. The first-order valence-corrected chi connectivity index (χ1v) is 12.2. The smallest absolute Gasteiger partial charge is 0.331 e. The van der Waals surface area contributed by atoms with Crippen LogP contribution in [0, 0.1) is 16.7 Å². The normalized spacial score (nSPS) is 15.3. The highest BCUT2D eigenvalue weighted by Crippen LogP contribution is 2.28. The summed E-state index contributed by atoms with van der Waals surface area (Å²) in [6, 6.07) is 8.28. The fraction of sp³-hybridized carbons (Fsp3) is 0.607. The summed E-state index contributed by atoms with van der Waals surface area (Å²) in [7, 11) is 3.42. The van der Waals surface area contributed by atoms with E-state index in [0.29, 0.717) is 6.42 Å². The summed E-state index contributed by atoms with van der Waals surface area (Å²) >= 11 is 0. The van der Waals surface area contributed by atoms with Crippen molar-refractivity contribution in [3.8, 4) is 0 Å². The number of likely N-dealkylation sites (N-methyl/N-ethyl adjacent to an activating group) is 2. The van der Waals surface area contributed by atoms with Crippen molar-refractivity contribution in [2.45, 2.75) is 79.9 Å². The highest BCUT2D eigenvalue weighted by atomic mass is 16.4. The summed E-state index contributed by atoms with van der Waals surface area (Å²) in [6.45, 7) is 15.2. The van der Waals surface area contributed by atoms with Gasteiger partial charge in [0.1, 0.15) is 6.04 Å². The molecule has 196 valence electrons. The van der Waals surface area contributed by atoms with Crippen LogP contribution in [0.15, 0.2) is 42.0 Å². The Hall–Kier alpha value is -2.67. The molecule has 35 heavy (non-hydrogen) atoms. The average Bonchev–Trinajstić information content (AvgIpc) is 2.74. The van der Waals surface area contributed by atoms with Crippen LogP contribution in [-0.2, 0) is 20.8 Å². The summed E-state index contributed by atoms with van der Waals surface area (Å²) in [6.07, 6.45) is 2.29. The SMILES string of the molecule is CN[C@H](C(=O)N[C@H](C(=O)N(C)[C@H](C=C(C)C(=O)O)C(C)C)C(C)(C)C)C(C)(C)Cc1ccccc1. The molecule has 0 saturated carbocycles. The van der Waals surface area contributed by atoms with Crippen molar-refractivity contribution in [1.82, 2.24) is 15.5 Å². The Morgan fingerprint density at radius 2 is 1.57 bits per heavy atom. The standard InChI is InChI=1S/C28H45N3O4/c1-18(2)21(16-19(3)26(34)35)31(10)25(33)23(27(4,5)6)30-24(32)22(29-9)28(7,8)17-20-14-12-11-13-15-20/h11-16,18,21-23,29H,17H2,1-10H3,(H,30,32)(H,34,35)/t21-,22-,23-/m1/s1. The number of rotatable bonds is 11. The highest BCUT2D eigenvalue weighted by molar-refractivity contribution is 5.91. The molecule has 0 aliphatic carbocycles. The number of carbonyl (C=O) groups is 3. The average molecular weight is 488 g/mol. The van der Waals surface area contributed by atoms with Gasteiger partial charge in [0, 0.05) is 12.6 Å². The van der Waals surface area contributed by atoms with Gasteiger partial charge < -0.3 is 20.6 Å². The summed E-state index contributed by atoms with van der Waals surface area (Å²) in [5.74, 6) is -1.53. The highest BCUT2D eigenvalue weighted by Gasteiger charge is 2.41. The van der Waals surface area contributed by atoms with Crippen LogP contribution in [0.25, 0.3) is 0 Å². The molecule has 0 bridgehead atoms. The molecule has 3 atom stereocenters. The van der Waals surface area contributed by atoms with E-state index in [2.05, 4.69) is 10.6 Å². The van der Waals surface area contributed by atoms with Gasteiger partial charge in [-0.15, -0.1) is 0 Å². The van der Waals surface area contributed by atoms with Crippen molar-refractivity contribution < 1.29 is 19.5 Å². The number of benzene rings is 1. The van der Waals surface area contributed by atoms with Gasteiger partial charge in [-0.05, 0) is 42.7 Å². The first kappa shape index (κ1) is 30.4. The van der Waals surface area contributed by atoms with Crippen molar-refractivity contribution in [3.05, 3.63) is 47.5 Å². The first-order chi connectivity index (χ1) is 16.0. The molecule has 1 aromatic carbocycles. The first-order valence-electron chi connectivity index (χ1n) is 12.2. The van der Waals surface area contributed by atoms with Crippen LogP contribution in [0.2, 0.25) is 0 Å². The molecule has 0 heterocycles. The summed E-state index contributed by atoms with van der Waals surface area (Å²) in [5.41, 5.74) is 0.335. The number of carboxylic acid groups (broad SMARTS) is 1. The summed E-state index contributed by atoms with van der Waals surface area (Å²) in [4.78, 5) is 40.2. The summed E-state index contributed by atoms with van der Waals surface area (Å²) < 4.78 is 0. The molecule has 3 N–H and O–H groups in total. The van der Waals surface area contributed by atoms with Crippen LogP contribution in [0.1, 0.15) is 61.0 Å². The third-order valence-corrected chi connectivity index (χ3v) is 6.47. The summed E-state index contributed by atoms with van der Waals surface area (Å²) in [5, 5.41) is 15.5. The van der Waals surface area contributed by atoms with Gasteiger partial charge in [-0.2, -0.15) is 0 Å². The van der Waals surface area contributed by atoms with Crippen LogP contribution >= 0.6 is 0 Å². The molecule has 0 fully saturated rings. The molecule has 0 aliphatic heterocycles. The van der Waals surface area contributed by atoms with Crippen molar-refractivity contribution >= 4 is 17.8 Å². The van der Waals surface area contributed by atoms with Gasteiger partial charge in [0.05, 0.1) is 12.1 Å². The maximum atomic E-state index is 13.7. The van der Waals surface area contributed by atoms with E-state index in [1.54, 1.807) is 25.1 Å². The van der Waals surface area contributed by atoms with E-state index in [0.717, 1.165) is 5.56 Å². The van der Waals surface area contributed by atoms with Gasteiger partial charge in [0.15, 0.2) is 0 Å². The quantitative estimate of drug-likeness (QED) is 0.411. The second kappa shape index (κ2) is 12.3. The van der Waals surface area contributed by atoms with Gasteiger partial charge in [-0.3, -0.25) is 9.59 Å². The Morgan fingerprint density at radius 3 is 2.00 bits per heavy atom. The van der Waals surface area contributed by atoms with Gasteiger partial charge in [0.25, 0.3) is 0 Å². The fourth-order valence-electron chi connectivity index (χ4n) is 4.40. The maximum Gasteiger partial charge on any atom is 0.331 e. The Balaban J connectivity index is 3.22. The van der Waals surface area contributed by atoms with Crippen molar-refractivity contribution in [3.63, 3.8) is 0 Å². The van der Waals surface area contributed by atoms with Crippen LogP contribution < -0.4 is 10.6 Å². The predicted molar refractivity (Wildman–Crippen MR) is 141 cm³/mol. The van der Waals surface area contributed by atoms with E-state index in [9.17, 15) is 19.5 Å². The largest absolute Gasteiger partial charge is 0.478 e. The molecule has 2 amide bonds. The third kappa shape index (κ3) is 8.49. The molecule has 7 nitrogen and oxygen atoms in total. The molecule has 0 unspecified atom stereocenters. The van der Waals surface area contributed by atoms with Gasteiger partial charge in [-0.25, -0.2) is 4.79 Å². The van der Waals surface area contributed by atoms with Gasteiger partial charge in [-0.1, -0.05) is 84.9 Å². The zero-order valence-corrected chi connectivity index (χ0v) is 23.1. The van der Waals surface area contributed by atoms with Crippen molar-refractivity contribution in [1.29, 1.82) is 0 Å². The zero-order valence-electron chi connectivity index (χ0n) is 23.1. The minimum Gasteiger partial charge on any atom is -0.478 e. The lowest BCUT2D eigenvalue weighted by atomic mass is 9.77. The molecule has 0 aliphatic rings. The number of hydrogen-bond acceptors (Lipinski definition) is 4. The lowest BCUT2D eigenvalue weighted by molar-refractivity contribution is -0.141. The molecular weight excluding hydrogens is 442 g/mol. The Kier molecular flexibility index (Phi) is 10.7. The molecule has 0 spiro atoms. The van der Waals surface area contributed by atoms with E-state index in [4.69, 9.17) is 0 Å². The van der Waals surface area contributed by atoms with Gasteiger partial charge >= 0.3 is 5.97 Å². The molecule has 0 radical (unpaired) electrons. The maximum absolute atomic E-state index is 13.7. The monoisotopic (exact) mass is 487 g/mol. The molecule has 0 saturated heterocycles. The van der Waals surface area contributed by atoms with Gasteiger partial charge in [0.2, 0.25) is 11.8 Å². The van der Waals surface area contributed by atoms with E-state index < -0.39 is 34.9 Å². The second-order valence-electron chi connectivity index (χ2n) is 11.5. The van der Waals surface area contributed by atoms with E-state index in [1.807, 2.05) is 78.8 Å². The predicted octanol–water partition coefficient (Wildman–Crippen LogP) is 3.89. The minimum atomic E-state index is -1.02. The molecule has 0 aromatic heterocycles. The number of nitrogens with zero attached hydrogens (tertiary/aromatic N) is 1. The number of nitrogens with one attached hydrogen (secondary N) is 2. The molecular formula is C28H45N3O4. The van der Waals surface area contributed by atoms with E-state index >= 15 is 0 Å². The number of amides is 2.